The van der Waals surface area contributed by atoms with Crippen LogP contribution in [0.15, 0.2) is 66.7 Å². The average Bonchev–Trinajstić information content (AvgIpc) is 3.01. The second-order valence-corrected chi connectivity index (χ2v) is 6.92. The Kier molecular flexibility index (Phi) is 4.42. The Balaban J connectivity index is 1.49. The van der Waals surface area contributed by atoms with Crippen LogP contribution in [0, 0.1) is 6.92 Å². The van der Waals surface area contributed by atoms with Crippen LogP contribution in [0.5, 0.6) is 0 Å². The van der Waals surface area contributed by atoms with Crippen LogP contribution in [0.1, 0.15) is 31.8 Å². The molecule has 0 atom stereocenters. The van der Waals surface area contributed by atoms with E-state index < -0.39 is 0 Å². The molecule has 27 heavy (non-hydrogen) atoms. The summed E-state index contributed by atoms with van der Waals surface area (Å²) in [5.74, 6) is -0.231. The van der Waals surface area contributed by atoms with Crippen molar-refractivity contribution in [3.05, 3.63) is 94.0 Å². The number of fused-ring (bicyclic) bond motifs is 1. The van der Waals surface area contributed by atoms with E-state index in [-0.39, 0.29) is 11.8 Å². The summed E-state index contributed by atoms with van der Waals surface area (Å²) in [4.78, 5) is 26.7. The molecule has 3 aromatic carbocycles. The van der Waals surface area contributed by atoms with Gasteiger partial charge in [0.05, 0.1) is 6.54 Å². The molecular weight excluding hydrogens is 360 g/mol. The van der Waals surface area contributed by atoms with Crippen molar-refractivity contribution in [1.82, 2.24) is 0 Å². The number of rotatable bonds is 3. The normalized spacial score (nSPS) is 12.8. The summed E-state index contributed by atoms with van der Waals surface area (Å²) in [5.41, 5.74) is 4.65. The smallest absolute Gasteiger partial charge is 0.258 e. The number of benzene rings is 3. The lowest BCUT2D eigenvalue weighted by Crippen LogP contribution is -2.22. The van der Waals surface area contributed by atoms with Crippen molar-refractivity contribution < 1.29 is 9.59 Å². The minimum atomic E-state index is -0.227. The molecule has 134 valence electrons. The number of amides is 2. The first kappa shape index (κ1) is 17.3. The summed E-state index contributed by atoms with van der Waals surface area (Å²) >= 11 is 6.09. The molecule has 1 aliphatic heterocycles. The highest BCUT2D eigenvalue weighted by Crippen LogP contribution is 2.29. The molecular formula is C22H17ClN2O2. The lowest BCUT2D eigenvalue weighted by molar-refractivity contribution is 0.0994. The van der Waals surface area contributed by atoms with Gasteiger partial charge in [0.2, 0.25) is 0 Å². The van der Waals surface area contributed by atoms with Gasteiger partial charge in [0.1, 0.15) is 0 Å². The summed E-state index contributed by atoms with van der Waals surface area (Å²) in [5, 5.41) is 3.41. The van der Waals surface area contributed by atoms with Crippen molar-refractivity contribution in [2.45, 2.75) is 13.5 Å². The van der Waals surface area contributed by atoms with E-state index in [1.54, 1.807) is 29.2 Å². The Morgan fingerprint density at radius 1 is 1.04 bits per heavy atom. The van der Waals surface area contributed by atoms with Crippen LogP contribution >= 0.6 is 11.6 Å². The van der Waals surface area contributed by atoms with E-state index in [2.05, 4.69) is 5.32 Å². The molecule has 0 unspecified atom stereocenters. The van der Waals surface area contributed by atoms with Crippen molar-refractivity contribution in [3.63, 3.8) is 0 Å². The zero-order valence-corrected chi connectivity index (χ0v) is 15.5. The molecule has 1 heterocycles. The van der Waals surface area contributed by atoms with E-state index in [1.165, 1.54) is 0 Å². The van der Waals surface area contributed by atoms with Gasteiger partial charge in [0.15, 0.2) is 0 Å². The van der Waals surface area contributed by atoms with Gasteiger partial charge in [0, 0.05) is 27.5 Å². The number of aryl methyl sites for hydroxylation is 1. The summed E-state index contributed by atoms with van der Waals surface area (Å²) in [6.45, 7) is 2.45. The molecule has 0 spiro atoms. The highest BCUT2D eigenvalue weighted by Gasteiger charge is 2.27. The van der Waals surface area contributed by atoms with Gasteiger partial charge in [-0.2, -0.15) is 0 Å². The minimum absolute atomic E-state index is 0.00307. The molecule has 1 N–H and O–H groups in total. The SMILES string of the molecule is Cc1ccc(C(=O)Nc2ccc(N3Cc4ccccc4C3=O)cc2)cc1Cl. The standard InChI is InChI=1S/C22H17ClN2O2/c1-14-6-7-15(12-20(14)23)21(26)24-17-8-10-18(11-9-17)25-13-16-4-2-3-5-19(16)22(25)27/h2-12H,13H2,1H3,(H,24,26). The lowest BCUT2D eigenvalue weighted by atomic mass is 10.1. The first-order chi connectivity index (χ1) is 13.0. The van der Waals surface area contributed by atoms with Gasteiger partial charge in [-0.1, -0.05) is 35.9 Å². The van der Waals surface area contributed by atoms with E-state index in [0.717, 1.165) is 22.4 Å². The van der Waals surface area contributed by atoms with Crippen molar-refractivity contribution in [2.75, 3.05) is 10.2 Å². The van der Waals surface area contributed by atoms with Crippen molar-refractivity contribution in [1.29, 1.82) is 0 Å². The van der Waals surface area contributed by atoms with Crippen LogP contribution in [0.4, 0.5) is 11.4 Å². The molecule has 0 saturated heterocycles. The van der Waals surface area contributed by atoms with E-state index in [1.807, 2.05) is 49.4 Å². The maximum absolute atomic E-state index is 12.5. The molecule has 0 radical (unpaired) electrons. The summed E-state index contributed by atoms with van der Waals surface area (Å²) < 4.78 is 0. The van der Waals surface area contributed by atoms with Crippen LogP contribution in [0.2, 0.25) is 5.02 Å². The van der Waals surface area contributed by atoms with Crippen molar-refractivity contribution in [3.8, 4) is 0 Å². The lowest BCUT2D eigenvalue weighted by Gasteiger charge is -2.16. The first-order valence-electron chi connectivity index (χ1n) is 8.60. The fourth-order valence-corrected chi connectivity index (χ4v) is 3.31. The second-order valence-electron chi connectivity index (χ2n) is 6.51. The highest BCUT2D eigenvalue weighted by atomic mass is 35.5. The maximum atomic E-state index is 12.5. The average molecular weight is 377 g/mol. The number of nitrogens with one attached hydrogen (secondary N) is 1. The quantitative estimate of drug-likeness (QED) is 0.694. The predicted octanol–water partition coefficient (Wildman–Crippen LogP) is 5.06. The van der Waals surface area contributed by atoms with E-state index in [4.69, 9.17) is 11.6 Å². The van der Waals surface area contributed by atoms with Crippen LogP contribution in [0.3, 0.4) is 0 Å². The van der Waals surface area contributed by atoms with Gasteiger partial charge in [-0.15, -0.1) is 0 Å². The van der Waals surface area contributed by atoms with Gasteiger partial charge in [-0.3, -0.25) is 9.59 Å². The third-order valence-corrected chi connectivity index (χ3v) is 5.10. The van der Waals surface area contributed by atoms with Gasteiger partial charge in [0.25, 0.3) is 11.8 Å². The summed E-state index contributed by atoms with van der Waals surface area (Å²) in [6.07, 6.45) is 0. The second kappa shape index (κ2) is 6.89. The fraction of sp³-hybridized carbons (Fsp3) is 0.0909. The van der Waals surface area contributed by atoms with Crippen LogP contribution in [-0.2, 0) is 6.54 Å². The van der Waals surface area contributed by atoms with Crippen molar-refractivity contribution >= 4 is 34.8 Å². The molecule has 0 fully saturated rings. The van der Waals surface area contributed by atoms with Gasteiger partial charge in [-0.05, 0) is 60.5 Å². The summed E-state index contributed by atoms with van der Waals surface area (Å²) in [7, 11) is 0. The minimum Gasteiger partial charge on any atom is -0.322 e. The van der Waals surface area contributed by atoms with Gasteiger partial charge in [-0.25, -0.2) is 0 Å². The molecule has 4 rings (SSSR count). The number of halogens is 1. The molecule has 4 nitrogen and oxygen atoms in total. The maximum Gasteiger partial charge on any atom is 0.258 e. The molecule has 2 amide bonds. The Morgan fingerprint density at radius 3 is 2.48 bits per heavy atom. The van der Waals surface area contributed by atoms with Crippen LogP contribution < -0.4 is 10.2 Å². The molecule has 5 heteroatoms. The Morgan fingerprint density at radius 2 is 1.78 bits per heavy atom. The number of hydrogen-bond donors (Lipinski definition) is 1. The van der Waals surface area contributed by atoms with E-state index in [9.17, 15) is 9.59 Å². The number of nitrogens with zero attached hydrogens (tertiary/aromatic N) is 1. The predicted molar refractivity (Wildman–Crippen MR) is 108 cm³/mol. The molecule has 0 saturated carbocycles. The number of anilines is 2. The van der Waals surface area contributed by atoms with E-state index >= 15 is 0 Å². The molecule has 0 aliphatic carbocycles. The van der Waals surface area contributed by atoms with Crippen molar-refractivity contribution in [2.24, 2.45) is 0 Å². The summed E-state index contributed by atoms with van der Waals surface area (Å²) in [6, 6.07) is 20.1. The largest absolute Gasteiger partial charge is 0.322 e. The number of carbonyl (C=O) groups excluding carboxylic acids is 2. The number of carbonyl (C=O) groups is 2. The first-order valence-corrected chi connectivity index (χ1v) is 8.98. The Hall–Kier alpha value is -3.11. The Bertz CT molecular complexity index is 1040. The number of hydrogen-bond acceptors (Lipinski definition) is 2. The monoisotopic (exact) mass is 376 g/mol. The molecule has 3 aromatic rings. The third kappa shape index (κ3) is 3.32. The highest BCUT2D eigenvalue weighted by molar-refractivity contribution is 6.31. The molecule has 0 bridgehead atoms. The third-order valence-electron chi connectivity index (χ3n) is 4.69. The van der Waals surface area contributed by atoms with Crippen LogP contribution in [-0.4, -0.2) is 11.8 Å². The fourth-order valence-electron chi connectivity index (χ4n) is 3.12. The zero-order chi connectivity index (χ0) is 19.0. The van der Waals surface area contributed by atoms with Gasteiger partial charge < -0.3 is 10.2 Å². The Labute approximate surface area is 162 Å². The van der Waals surface area contributed by atoms with E-state index in [0.29, 0.717) is 22.8 Å². The topological polar surface area (TPSA) is 49.4 Å². The molecule has 0 aromatic heterocycles. The molecule has 1 aliphatic rings. The van der Waals surface area contributed by atoms with Crippen LogP contribution in [0.25, 0.3) is 0 Å². The van der Waals surface area contributed by atoms with Gasteiger partial charge >= 0.3 is 0 Å². The zero-order valence-electron chi connectivity index (χ0n) is 14.7.